The Labute approximate surface area is 47.6 Å². The van der Waals surface area contributed by atoms with Gasteiger partial charge < -0.3 is 4.74 Å². The SMILES string of the molecule is [C-]#[N+]C(C#N)=COC. The van der Waals surface area contributed by atoms with Crippen LogP contribution in [0.3, 0.4) is 0 Å². The van der Waals surface area contributed by atoms with Gasteiger partial charge in [-0.3, -0.25) is 0 Å². The molecule has 0 heterocycles. The summed E-state index contributed by atoms with van der Waals surface area (Å²) in [6.07, 6.45) is 1.10. The van der Waals surface area contributed by atoms with Gasteiger partial charge in [0.15, 0.2) is 0 Å². The number of ether oxygens (including phenoxy) is 1. The highest BCUT2D eigenvalue weighted by molar-refractivity contribution is 5.24. The van der Waals surface area contributed by atoms with Gasteiger partial charge >= 0.3 is 0 Å². The van der Waals surface area contributed by atoms with Crippen molar-refractivity contribution in [2.45, 2.75) is 0 Å². The smallest absolute Gasteiger partial charge is 0.295 e. The van der Waals surface area contributed by atoms with Gasteiger partial charge in [0.25, 0.3) is 5.70 Å². The maximum atomic E-state index is 8.05. The van der Waals surface area contributed by atoms with Gasteiger partial charge in [-0.1, -0.05) is 0 Å². The standard InChI is InChI=1S/C5H4N2O/c1-7-5(3-6)4-8-2/h4H,2H3. The summed E-state index contributed by atoms with van der Waals surface area (Å²) in [4.78, 5) is 2.82. The molecule has 0 radical (unpaired) electrons. The van der Waals surface area contributed by atoms with Gasteiger partial charge in [0, 0.05) is 0 Å². The first-order valence-electron chi connectivity index (χ1n) is 1.85. The summed E-state index contributed by atoms with van der Waals surface area (Å²) in [5, 5.41) is 8.05. The van der Waals surface area contributed by atoms with Crippen LogP contribution in [-0.4, -0.2) is 7.11 Å². The van der Waals surface area contributed by atoms with Crippen LogP contribution in [-0.2, 0) is 4.74 Å². The molecule has 0 bridgehead atoms. The third kappa shape index (κ3) is 1.84. The Morgan fingerprint density at radius 2 is 2.62 bits per heavy atom. The fourth-order valence-electron chi connectivity index (χ4n) is 0.189. The highest BCUT2D eigenvalue weighted by Gasteiger charge is 1.86. The Kier molecular flexibility index (Phi) is 3.02. The molecule has 0 spiro atoms. The number of methoxy groups -OCH3 is 1. The van der Waals surface area contributed by atoms with Gasteiger partial charge in [-0.15, -0.1) is 0 Å². The summed E-state index contributed by atoms with van der Waals surface area (Å²) < 4.78 is 4.39. The molecule has 0 aromatic heterocycles. The van der Waals surface area contributed by atoms with E-state index in [0.717, 1.165) is 6.26 Å². The number of nitriles is 1. The van der Waals surface area contributed by atoms with E-state index >= 15 is 0 Å². The molecule has 0 saturated heterocycles. The topological polar surface area (TPSA) is 37.4 Å². The zero-order valence-corrected chi connectivity index (χ0v) is 4.38. The number of hydrogen-bond donors (Lipinski definition) is 0. The molecule has 0 unspecified atom stereocenters. The van der Waals surface area contributed by atoms with Crippen molar-refractivity contribution in [2.24, 2.45) is 0 Å². The largest absolute Gasteiger partial charge is 0.515 e. The molecule has 3 nitrogen and oxygen atoms in total. The molecule has 0 aromatic rings. The fraction of sp³-hybridized carbons (Fsp3) is 0.200. The third-order valence-electron chi connectivity index (χ3n) is 0.464. The summed E-state index contributed by atoms with van der Waals surface area (Å²) in [6.45, 7) is 6.32. The number of nitrogens with zero attached hydrogens (tertiary/aromatic N) is 2. The van der Waals surface area contributed by atoms with Gasteiger partial charge in [0.2, 0.25) is 0 Å². The minimum absolute atomic E-state index is 0.0347. The third-order valence-corrected chi connectivity index (χ3v) is 0.464. The van der Waals surface area contributed by atoms with Crippen LogP contribution in [0.15, 0.2) is 12.0 Å². The van der Waals surface area contributed by atoms with E-state index < -0.39 is 0 Å². The van der Waals surface area contributed by atoms with Gasteiger partial charge in [-0.25, -0.2) is 10.1 Å². The summed E-state index contributed by atoms with van der Waals surface area (Å²) in [5.74, 6) is 0. The lowest BCUT2D eigenvalue weighted by molar-refractivity contribution is 0.336. The Hall–Kier alpha value is -1.48. The maximum Gasteiger partial charge on any atom is 0.295 e. The highest BCUT2D eigenvalue weighted by atomic mass is 16.5. The van der Waals surface area contributed by atoms with Crippen molar-refractivity contribution in [1.29, 1.82) is 5.26 Å². The summed E-state index contributed by atoms with van der Waals surface area (Å²) in [5.41, 5.74) is -0.0347. The van der Waals surface area contributed by atoms with Crippen LogP contribution in [0.4, 0.5) is 0 Å². The van der Waals surface area contributed by atoms with Gasteiger partial charge in [-0.2, -0.15) is 0 Å². The molecule has 0 saturated carbocycles. The van der Waals surface area contributed by atoms with Crippen molar-refractivity contribution in [3.63, 3.8) is 0 Å². The van der Waals surface area contributed by atoms with E-state index in [4.69, 9.17) is 11.8 Å². The van der Waals surface area contributed by atoms with E-state index in [-0.39, 0.29) is 5.70 Å². The van der Waals surface area contributed by atoms with Gasteiger partial charge in [0.05, 0.1) is 19.8 Å². The van der Waals surface area contributed by atoms with Crippen LogP contribution in [0.5, 0.6) is 0 Å². The van der Waals surface area contributed by atoms with Crippen LogP contribution in [0.2, 0.25) is 0 Å². The van der Waals surface area contributed by atoms with Crippen LogP contribution in [0.1, 0.15) is 0 Å². The van der Waals surface area contributed by atoms with Crippen LogP contribution in [0, 0.1) is 17.9 Å². The Morgan fingerprint density at radius 1 is 2.00 bits per heavy atom. The molecule has 0 rings (SSSR count). The van der Waals surface area contributed by atoms with E-state index in [1.54, 1.807) is 6.07 Å². The molecule has 0 fully saturated rings. The minimum Gasteiger partial charge on any atom is -0.515 e. The quantitative estimate of drug-likeness (QED) is 0.284. The number of allylic oxidation sites excluding steroid dienone is 1. The second kappa shape index (κ2) is 3.70. The molecule has 0 atom stereocenters. The lowest BCUT2D eigenvalue weighted by Crippen LogP contribution is -1.69. The molecule has 0 aliphatic heterocycles. The number of rotatable bonds is 1. The molecule has 40 valence electrons. The summed E-state index contributed by atoms with van der Waals surface area (Å²) in [7, 11) is 1.39. The van der Waals surface area contributed by atoms with Crippen molar-refractivity contribution in [3.05, 3.63) is 23.4 Å². The van der Waals surface area contributed by atoms with E-state index in [1.165, 1.54) is 7.11 Å². The molecular weight excluding hydrogens is 104 g/mol. The molecule has 0 aromatic carbocycles. The maximum absolute atomic E-state index is 8.05. The monoisotopic (exact) mass is 108 g/mol. The van der Waals surface area contributed by atoms with Crippen LogP contribution < -0.4 is 0 Å². The Balaban J connectivity index is 3.99. The molecule has 8 heavy (non-hydrogen) atoms. The van der Waals surface area contributed by atoms with Crippen LogP contribution >= 0.6 is 0 Å². The Bertz CT molecular complexity index is 154. The number of hydrogen-bond acceptors (Lipinski definition) is 2. The van der Waals surface area contributed by atoms with E-state index in [9.17, 15) is 0 Å². The molecule has 0 aliphatic carbocycles. The van der Waals surface area contributed by atoms with Gasteiger partial charge in [0.1, 0.15) is 6.26 Å². The average Bonchev–Trinajstić information content (AvgIpc) is 1.83. The molecule has 0 N–H and O–H groups in total. The molecular formula is C5H4N2O. The first-order valence-corrected chi connectivity index (χ1v) is 1.85. The molecule has 0 aliphatic rings. The highest BCUT2D eigenvalue weighted by Crippen LogP contribution is 1.90. The first kappa shape index (κ1) is 6.52. The lowest BCUT2D eigenvalue weighted by atomic mass is 10.6. The van der Waals surface area contributed by atoms with Crippen molar-refractivity contribution in [1.82, 2.24) is 0 Å². The second-order valence-electron chi connectivity index (χ2n) is 0.962. The zero-order valence-electron chi connectivity index (χ0n) is 4.38. The van der Waals surface area contributed by atoms with Crippen LogP contribution in [0.25, 0.3) is 4.85 Å². The van der Waals surface area contributed by atoms with Crippen molar-refractivity contribution in [3.8, 4) is 6.07 Å². The zero-order chi connectivity index (χ0) is 6.41. The second-order valence-corrected chi connectivity index (χ2v) is 0.962. The lowest BCUT2D eigenvalue weighted by Gasteiger charge is -1.81. The normalized spacial score (nSPS) is 9.12. The first-order chi connectivity index (χ1) is 3.85. The summed E-state index contributed by atoms with van der Waals surface area (Å²) >= 11 is 0. The predicted octanol–water partition coefficient (Wildman–Crippen LogP) is 0.917. The van der Waals surface area contributed by atoms with Crippen molar-refractivity contribution < 1.29 is 4.74 Å². The average molecular weight is 108 g/mol. The van der Waals surface area contributed by atoms with Crippen molar-refractivity contribution >= 4 is 0 Å². The molecule has 3 heteroatoms. The van der Waals surface area contributed by atoms with E-state index in [2.05, 4.69) is 9.58 Å². The minimum atomic E-state index is -0.0347. The fourth-order valence-corrected chi connectivity index (χ4v) is 0.189. The van der Waals surface area contributed by atoms with Crippen molar-refractivity contribution in [2.75, 3.05) is 7.11 Å². The molecule has 0 amide bonds. The van der Waals surface area contributed by atoms with Gasteiger partial charge in [-0.05, 0) is 0 Å². The summed E-state index contributed by atoms with van der Waals surface area (Å²) in [6, 6.07) is 1.63. The predicted molar refractivity (Wildman–Crippen MR) is 27.3 cm³/mol. The van der Waals surface area contributed by atoms with E-state index in [0.29, 0.717) is 0 Å². The van der Waals surface area contributed by atoms with E-state index in [1.807, 2.05) is 0 Å². The Morgan fingerprint density at radius 3 is 2.75 bits per heavy atom.